The number of anilines is 2. The number of hydrogen-bond acceptors (Lipinski definition) is 4. The average Bonchev–Trinajstić information content (AvgIpc) is 2.59. The van der Waals surface area contributed by atoms with Gasteiger partial charge in [-0.3, -0.25) is 9.59 Å². The third kappa shape index (κ3) is 3.96. The van der Waals surface area contributed by atoms with E-state index in [1.165, 1.54) is 11.8 Å². The van der Waals surface area contributed by atoms with Crippen molar-refractivity contribution >= 4 is 23.2 Å². The zero-order valence-corrected chi connectivity index (χ0v) is 13.0. The van der Waals surface area contributed by atoms with Gasteiger partial charge >= 0.3 is 0 Å². The molecule has 2 amide bonds. The highest BCUT2D eigenvalue weighted by atomic mass is 16.2. The van der Waals surface area contributed by atoms with Crippen LogP contribution in [0.5, 0.6) is 0 Å². The first-order valence-corrected chi connectivity index (χ1v) is 7.12. The topological polar surface area (TPSA) is 97.0 Å². The molecule has 0 atom stereocenters. The molecule has 1 N–H and O–H groups in total. The molecule has 0 saturated heterocycles. The van der Waals surface area contributed by atoms with Crippen LogP contribution in [0.3, 0.4) is 0 Å². The van der Waals surface area contributed by atoms with Gasteiger partial charge in [0.15, 0.2) is 0 Å². The summed E-state index contributed by atoms with van der Waals surface area (Å²) in [6.45, 7) is 1.10. The average molecular weight is 318 g/mol. The SMILES string of the molecule is CC(=O)N(CC(=O)Nc1cccc(C#N)c1)c1ccccc1C#N. The van der Waals surface area contributed by atoms with Crippen molar-refractivity contribution in [3.8, 4) is 12.1 Å². The highest BCUT2D eigenvalue weighted by Crippen LogP contribution is 2.20. The number of nitriles is 2. The normalized spacial score (nSPS) is 9.46. The lowest BCUT2D eigenvalue weighted by Crippen LogP contribution is -2.37. The molecular formula is C18H14N4O2. The van der Waals surface area contributed by atoms with Crippen molar-refractivity contribution in [1.82, 2.24) is 0 Å². The fraction of sp³-hybridized carbons (Fsp3) is 0.111. The molecule has 0 fully saturated rings. The molecule has 2 aromatic carbocycles. The van der Waals surface area contributed by atoms with E-state index in [9.17, 15) is 9.59 Å². The molecule has 0 aliphatic carbocycles. The molecule has 0 unspecified atom stereocenters. The largest absolute Gasteiger partial charge is 0.324 e. The van der Waals surface area contributed by atoms with E-state index in [1.807, 2.05) is 12.1 Å². The minimum atomic E-state index is -0.423. The van der Waals surface area contributed by atoms with E-state index in [4.69, 9.17) is 10.5 Å². The Hall–Kier alpha value is -3.64. The Balaban J connectivity index is 2.19. The molecule has 0 bridgehead atoms. The summed E-state index contributed by atoms with van der Waals surface area (Å²) in [7, 11) is 0. The second kappa shape index (κ2) is 7.57. The van der Waals surface area contributed by atoms with Crippen LogP contribution in [0.4, 0.5) is 11.4 Å². The maximum atomic E-state index is 12.2. The zero-order valence-electron chi connectivity index (χ0n) is 13.0. The van der Waals surface area contributed by atoms with Gasteiger partial charge < -0.3 is 10.2 Å². The van der Waals surface area contributed by atoms with Crippen LogP contribution in [-0.2, 0) is 9.59 Å². The van der Waals surface area contributed by atoms with Crippen LogP contribution in [0, 0.1) is 22.7 Å². The van der Waals surface area contributed by atoms with E-state index in [0.717, 1.165) is 0 Å². The molecule has 6 heteroatoms. The molecule has 0 radical (unpaired) electrons. The van der Waals surface area contributed by atoms with Crippen molar-refractivity contribution in [3.05, 3.63) is 59.7 Å². The molecule has 0 aliphatic rings. The lowest BCUT2D eigenvalue weighted by Gasteiger charge is -2.21. The molecule has 24 heavy (non-hydrogen) atoms. The second-order valence-corrected chi connectivity index (χ2v) is 4.97. The van der Waals surface area contributed by atoms with Crippen LogP contribution in [-0.4, -0.2) is 18.4 Å². The van der Waals surface area contributed by atoms with E-state index >= 15 is 0 Å². The van der Waals surface area contributed by atoms with Crippen LogP contribution in [0.25, 0.3) is 0 Å². The quantitative estimate of drug-likeness (QED) is 0.936. The Morgan fingerprint density at radius 1 is 1.08 bits per heavy atom. The first-order valence-electron chi connectivity index (χ1n) is 7.12. The van der Waals surface area contributed by atoms with E-state index in [-0.39, 0.29) is 12.5 Å². The fourth-order valence-electron chi connectivity index (χ4n) is 2.18. The van der Waals surface area contributed by atoms with E-state index in [1.54, 1.807) is 48.5 Å². The zero-order chi connectivity index (χ0) is 17.5. The van der Waals surface area contributed by atoms with Gasteiger partial charge in [0.1, 0.15) is 12.6 Å². The Labute approximate surface area is 139 Å². The van der Waals surface area contributed by atoms with E-state index < -0.39 is 5.91 Å². The minimum Gasteiger partial charge on any atom is -0.324 e. The number of nitrogens with one attached hydrogen (secondary N) is 1. The molecular weight excluding hydrogens is 304 g/mol. The number of carbonyl (C=O) groups excluding carboxylic acids is 2. The standard InChI is InChI=1S/C18H14N4O2/c1-13(23)22(17-8-3-2-6-15(17)11-20)12-18(24)21-16-7-4-5-14(9-16)10-19/h2-9H,12H2,1H3,(H,21,24). The molecule has 0 spiro atoms. The van der Waals surface area contributed by atoms with Crippen LogP contribution in [0.15, 0.2) is 48.5 Å². The first-order chi connectivity index (χ1) is 11.5. The van der Waals surface area contributed by atoms with Gasteiger partial charge in [0.05, 0.1) is 22.9 Å². The van der Waals surface area contributed by atoms with Gasteiger partial charge in [-0.15, -0.1) is 0 Å². The van der Waals surface area contributed by atoms with Crippen LogP contribution in [0.2, 0.25) is 0 Å². The predicted molar refractivity (Wildman–Crippen MR) is 89.0 cm³/mol. The highest BCUT2D eigenvalue weighted by molar-refractivity contribution is 6.02. The Morgan fingerprint density at radius 3 is 2.50 bits per heavy atom. The van der Waals surface area contributed by atoms with Crippen LogP contribution >= 0.6 is 0 Å². The summed E-state index contributed by atoms with van der Waals surface area (Å²) in [4.78, 5) is 25.4. The molecule has 0 aromatic heterocycles. The Kier molecular flexibility index (Phi) is 5.28. The summed E-state index contributed by atoms with van der Waals surface area (Å²) in [6.07, 6.45) is 0. The number of rotatable bonds is 4. The highest BCUT2D eigenvalue weighted by Gasteiger charge is 2.18. The van der Waals surface area contributed by atoms with Crippen molar-refractivity contribution < 1.29 is 9.59 Å². The third-order valence-electron chi connectivity index (χ3n) is 3.27. The van der Waals surface area contributed by atoms with Crippen molar-refractivity contribution in [2.75, 3.05) is 16.8 Å². The Morgan fingerprint density at radius 2 is 1.83 bits per heavy atom. The summed E-state index contributed by atoms with van der Waals surface area (Å²) in [5.41, 5.74) is 1.59. The maximum absolute atomic E-state index is 12.2. The smallest absolute Gasteiger partial charge is 0.244 e. The molecule has 2 rings (SSSR count). The monoisotopic (exact) mass is 318 g/mol. The van der Waals surface area contributed by atoms with Crippen molar-refractivity contribution in [2.24, 2.45) is 0 Å². The number of hydrogen-bond donors (Lipinski definition) is 1. The number of carbonyl (C=O) groups is 2. The molecule has 0 aliphatic heterocycles. The van der Waals surface area contributed by atoms with Crippen molar-refractivity contribution in [2.45, 2.75) is 6.92 Å². The molecule has 6 nitrogen and oxygen atoms in total. The van der Waals surface area contributed by atoms with Gasteiger partial charge in [0.25, 0.3) is 0 Å². The lowest BCUT2D eigenvalue weighted by molar-refractivity contribution is -0.120. The molecule has 0 saturated carbocycles. The minimum absolute atomic E-state index is 0.231. The molecule has 0 heterocycles. The molecule has 118 valence electrons. The summed E-state index contributed by atoms with van der Waals surface area (Å²) < 4.78 is 0. The number of amides is 2. The third-order valence-corrected chi connectivity index (χ3v) is 3.27. The van der Waals surface area contributed by atoms with Gasteiger partial charge in [-0.25, -0.2) is 0 Å². The van der Waals surface area contributed by atoms with Gasteiger partial charge in [0, 0.05) is 12.6 Å². The maximum Gasteiger partial charge on any atom is 0.244 e. The second-order valence-electron chi connectivity index (χ2n) is 4.97. The summed E-state index contributed by atoms with van der Waals surface area (Å²) in [5, 5.41) is 20.7. The molecule has 2 aromatic rings. The summed E-state index contributed by atoms with van der Waals surface area (Å²) in [5.74, 6) is -0.772. The summed E-state index contributed by atoms with van der Waals surface area (Å²) >= 11 is 0. The van der Waals surface area contributed by atoms with Gasteiger partial charge in [0.2, 0.25) is 11.8 Å². The predicted octanol–water partition coefficient (Wildman–Crippen LogP) is 2.42. The van der Waals surface area contributed by atoms with Crippen LogP contribution in [0.1, 0.15) is 18.1 Å². The number of benzene rings is 2. The summed E-state index contributed by atoms with van der Waals surface area (Å²) in [6, 6.07) is 17.1. The van der Waals surface area contributed by atoms with E-state index in [0.29, 0.717) is 22.5 Å². The van der Waals surface area contributed by atoms with Crippen LogP contribution < -0.4 is 10.2 Å². The van der Waals surface area contributed by atoms with E-state index in [2.05, 4.69) is 5.32 Å². The fourth-order valence-corrected chi connectivity index (χ4v) is 2.18. The Bertz CT molecular complexity index is 862. The van der Waals surface area contributed by atoms with Gasteiger partial charge in [-0.2, -0.15) is 10.5 Å². The van der Waals surface area contributed by atoms with Gasteiger partial charge in [-0.05, 0) is 30.3 Å². The number of nitrogens with zero attached hydrogens (tertiary/aromatic N) is 3. The number of para-hydroxylation sites is 1. The van der Waals surface area contributed by atoms with Gasteiger partial charge in [-0.1, -0.05) is 18.2 Å². The van der Waals surface area contributed by atoms with Crippen molar-refractivity contribution in [1.29, 1.82) is 10.5 Å². The lowest BCUT2D eigenvalue weighted by atomic mass is 10.1. The van der Waals surface area contributed by atoms with Crippen molar-refractivity contribution in [3.63, 3.8) is 0 Å². The first kappa shape index (κ1) is 16.7.